The molecule has 0 bridgehead atoms. The molecule has 0 N–H and O–H groups in total. The second-order valence-electron chi connectivity index (χ2n) is 4.47. The highest BCUT2D eigenvalue weighted by molar-refractivity contribution is 5.90. The van der Waals surface area contributed by atoms with E-state index < -0.39 is 0 Å². The van der Waals surface area contributed by atoms with Crippen LogP contribution in [0.15, 0.2) is 6.20 Å². The number of ether oxygens (including phenoxy) is 2. The SMILES string of the molecule is CCOC(=O)c1cnc(C2(OC)CCC2)nc1C. The number of rotatable bonds is 4. The molecule has 98 valence electrons. The lowest BCUT2D eigenvalue weighted by Crippen LogP contribution is -2.38. The van der Waals surface area contributed by atoms with Crippen LogP contribution in [-0.4, -0.2) is 29.7 Å². The van der Waals surface area contributed by atoms with Gasteiger partial charge in [-0.25, -0.2) is 14.8 Å². The quantitative estimate of drug-likeness (QED) is 0.765. The first-order chi connectivity index (χ1) is 8.63. The van der Waals surface area contributed by atoms with Gasteiger partial charge in [0.2, 0.25) is 0 Å². The summed E-state index contributed by atoms with van der Waals surface area (Å²) in [6.45, 7) is 3.91. The molecule has 1 aromatic rings. The van der Waals surface area contributed by atoms with Crippen molar-refractivity contribution in [3.05, 3.63) is 23.3 Å². The molecule has 0 aliphatic heterocycles. The highest BCUT2D eigenvalue weighted by Crippen LogP contribution is 2.42. The summed E-state index contributed by atoms with van der Waals surface area (Å²) in [6.07, 6.45) is 4.52. The Bertz CT molecular complexity index is 450. The Morgan fingerprint density at radius 1 is 1.50 bits per heavy atom. The van der Waals surface area contributed by atoms with E-state index in [1.54, 1.807) is 21.0 Å². The van der Waals surface area contributed by atoms with E-state index in [9.17, 15) is 4.79 Å². The summed E-state index contributed by atoms with van der Waals surface area (Å²) < 4.78 is 10.5. The molecular formula is C13H18N2O3. The van der Waals surface area contributed by atoms with Gasteiger partial charge in [0.15, 0.2) is 5.82 Å². The van der Waals surface area contributed by atoms with Crippen LogP contribution in [0.5, 0.6) is 0 Å². The molecule has 1 fully saturated rings. The van der Waals surface area contributed by atoms with Crippen LogP contribution >= 0.6 is 0 Å². The molecule has 1 aliphatic carbocycles. The van der Waals surface area contributed by atoms with E-state index in [1.165, 1.54) is 6.20 Å². The summed E-state index contributed by atoms with van der Waals surface area (Å²) in [6, 6.07) is 0. The van der Waals surface area contributed by atoms with Gasteiger partial charge in [-0.2, -0.15) is 0 Å². The predicted molar refractivity (Wildman–Crippen MR) is 65.3 cm³/mol. The maximum absolute atomic E-state index is 11.6. The molecule has 18 heavy (non-hydrogen) atoms. The van der Waals surface area contributed by atoms with Crippen LogP contribution < -0.4 is 0 Å². The summed E-state index contributed by atoms with van der Waals surface area (Å²) >= 11 is 0. The molecule has 1 saturated carbocycles. The van der Waals surface area contributed by atoms with Gasteiger partial charge in [0, 0.05) is 13.3 Å². The molecule has 0 unspecified atom stereocenters. The standard InChI is InChI=1S/C13H18N2O3/c1-4-18-11(16)10-8-14-12(15-9(10)2)13(17-3)6-5-7-13/h8H,4-7H2,1-3H3. The topological polar surface area (TPSA) is 61.3 Å². The van der Waals surface area contributed by atoms with E-state index in [1.807, 2.05) is 0 Å². The molecule has 0 spiro atoms. The molecule has 2 rings (SSSR count). The summed E-state index contributed by atoms with van der Waals surface area (Å²) in [7, 11) is 1.68. The first kappa shape index (κ1) is 13.0. The zero-order valence-electron chi connectivity index (χ0n) is 11.0. The van der Waals surface area contributed by atoms with E-state index in [-0.39, 0.29) is 11.6 Å². The molecule has 5 heteroatoms. The van der Waals surface area contributed by atoms with Crippen molar-refractivity contribution in [2.45, 2.75) is 38.7 Å². The zero-order chi connectivity index (χ0) is 13.2. The van der Waals surface area contributed by atoms with Crippen molar-refractivity contribution in [3.8, 4) is 0 Å². The smallest absolute Gasteiger partial charge is 0.341 e. The predicted octanol–water partition coefficient (Wildman–Crippen LogP) is 1.99. The number of aromatic nitrogens is 2. The van der Waals surface area contributed by atoms with Gasteiger partial charge < -0.3 is 9.47 Å². The fraction of sp³-hybridized carbons (Fsp3) is 0.615. The van der Waals surface area contributed by atoms with Crippen LogP contribution in [0.25, 0.3) is 0 Å². The Labute approximate surface area is 107 Å². The number of carbonyl (C=O) groups excluding carboxylic acids is 1. The highest BCUT2D eigenvalue weighted by Gasteiger charge is 2.41. The Morgan fingerprint density at radius 2 is 2.22 bits per heavy atom. The van der Waals surface area contributed by atoms with Crippen LogP contribution in [0.3, 0.4) is 0 Å². The molecule has 1 heterocycles. The Balaban J connectivity index is 2.27. The Morgan fingerprint density at radius 3 is 2.67 bits per heavy atom. The van der Waals surface area contributed by atoms with E-state index in [0.717, 1.165) is 19.3 Å². The minimum absolute atomic E-state index is 0.349. The van der Waals surface area contributed by atoms with Crippen LogP contribution in [0.4, 0.5) is 0 Å². The normalized spacial score (nSPS) is 17.1. The van der Waals surface area contributed by atoms with Gasteiger partial charge in [-0.3, -0.25) is 0 Å². The highest BCUT2D eigenvalue weighted by atomic mass is 16.5. The number of esters is 1. The average Bonchev–Trinajstić information content (AvgIpc) is 2.28. The van der Waals surface area contributed by atoms with Crippen LogP contribution in [0.1, 0.15) is 48.1 Å². The van der Waals surface area contributed by atoms with E-state index >= 15 is 0 Å². The molecule has 1 aliphatic rings. The van der Waals surface area contributed by atoms with Gasteiger partial charge in [-0.15, -0.1) is 0 Å². The van der Waals surface area contributed by atoms with Crippen LogP contribution in [0.2, 0.25) is 0 Å². The van der Waals surface area contributed by atoms with Gasteiger partial charge in [0.25, 0.3) is 0 Å². The molecule has 0 aromatic carbocycles. The van der Waals surface area contributed by atoms with Gasteiger partial charge in [-0.05, 0) is 33.1 Å². The van der Waals surface area contributed by atoms with Crippen molar-refractivity contribution in [3.63, 3.8) is 0 Å². The minimum atomic E-state index is -0.373. The minimum Gasteiger partial charge on any atom is -0.462 e. The second-order valence-corrected chi connectivity index (χ2v) is 4.47. The lowest BCUT2D eigenvalue weighted by atomic mass is 9.79. The second kappa shape index (κ2) is 5.02. The van der Waals surface area contributed by atoms with Crippen molar-refractivity contribution in [2.24, 2.45) is 0 Å². The Hall–Kier alpha value is -1.49. The lowest BCUT2D eigenvalue weighted by molar-refractivity contribution is -0.0848. The summed E-state index contributed by atoms with van der Waals surface area (Å²) in [5.74, 6) is 0.295. The van der Waals surface area contributed by atoms with E-state index in [0.29, 0.717) is 23.7 Å². The third kappa shape index (κ3) is 2.10. The van der Waals surface area contributed by atoms with Crippen molar-refractivity contribution < 1.29 is 14.3 Å². The first-order valence-corrected chi connectivity index (χ1v) is 6.19. The van der Waals surface area contributed by atoms with Crippen molar-refractivity contribution in [1.29, 1.82) is 0 Å². The largest absolute Gasteiger partial charge is 0.462 e. The van der Waals surface area contributed by atoms with Gasteiger partial charge >= 0.3 is 5.97 Å². The first-order valence-electron chi connectivity index (χ1n) is 6.19. The molecule has 5 nitrogen and oxygen atoms in total. The van der Waals surface area contributed by atoms with Gasteiger partial charge in [-0.1, -0.05) is 0 Å². The molecule has 1 aromatic heterocycles. The van der Waals surface area contributed by atoms with Crippen molar-refractivity contribution >= 4 is 5.97 Å². The molecule has 0 saturated heterocycles. The number of nitrogens with zero attached hydrogens (tertiary/aromatic N) is 2. The van der Waals surface area contributed by atoms with Crippen molar-refractivity contribution in [1.82, 2.24) is 9.97 Å². The maximum atomic E-state index is 11.6. The van der Waals surface area contributed by atoms with Crippen molar-refractivity contribution in [2.75, 3.05) is 13.7 Å². The van der Waals surface area contributed by atoms with Gasteiger partial charge in [0.05, 0.1) is 17.9 Å². The van der Waals surface area contributed by atoms with Crippen LogP contribution in [-0.2, 0) is 15.1 Å². The summed E-state index contributed by atoms with van der Waals surface area (Å²) in [5, 5.41) is 0. The molecular weight excluding hydrogens is 232 g/mol. The number of carbonyl (C=O) groups is 1. The Kier molecular flexibility index (Phi) is 3.61. The van der Waals surface area contributed by atoms with E-state index in [4.69, 9.17) is 9.47 Å². The fourth-order valence-corrected chi connectivity index (χ4v) is 2.11. The van der Waals surface area contributed by atoms with Crippen LogP contribution in [0, 0.1) is 6.92 Å². The fourth-order valence-electron chi connectivity index (χ4n) is 2.11. The maximum Gasteiger partial charge on any atom is 0.341 e. The van der Waals surface area contributed by atoms with E-state index in [2.05, 4.69) is 9.97 Å². The molecule has 0 radical (unpaired) electrons. The average molecular weight is 250 g/mol. The van der Waals surface area contributed by atoms with Gasteiger partial charge in [0.1, 0.15) is 5.60 Å². The third-order valence-electron chi connectivity index (χ3n) is 3.43. The number of methoxy groups -OCH3 is 1. The summed E-state index contributed by atoms with van der Waals surface area (Å²) in [4.78, 5) is 20.3. The molecule has 0 atom stereocenters. The third-order valence-corrected chi connectivity index (χ3v) is 3.43. The number of hydrogen-bond donors (Lipinski definition) is 0. The monoisotopic (exact) mass is 250 g/mol. The molecule has 0 amide bonds. The number of hydrogen-bond acceptors (Lipinski definition) is 5. The summed E-state index contributed by atoms with van der Waals surface area (Å²) in [5.41, 5.74) is 0.714. The number of aryl methyl sites for hydroxylation is 1. The lowest BCUT2D eigenvalue weighted by Gasteiger charge is -2.38. The zero-order valence-corrected chi connectivity index (χ0v) is 11.0.